The molecule has 0 aliphatic carbocycles. The first-order valence-corrected chi connectivity index (χ1v) is 10.4. The summed E-state index contributed by atoms with van der Waals surface area (Å²) in [6, 6.07) is 9.90. The number of carbonyl (C=O) groups excluding carboxylic acids is 1. The van der Waals surface area contributed by atoms with Gasteiger partial charge in [0.15, 0.2) is 29.9 Å². The Hall–Kier alpha value is -3.80. The van der Waals surface area contributed by atoms with Gasteiger partial charge in [-0.2, -0.15) is 13.9 Å². The second-order valence-electron chi connectivity index (χ2n) is 6.80. The minimum Gasteiger partial charge on any atom is -0.479 e. The van der Waals surface area contributed by atoms with Crippen LogP contribution in [0.5, 0.6) is 11.5 Å². The molecule has 4 rings (SSSR count). The van der Waals surface area contributed by atoms with Crippen LogP contribution in [-0.4, -0.2) is 15.7 Å². The number of hydrogen-bond donors (Lipinski definition) is 1. The van der Waals surface area contributed by atoms with Crippen molar-refractivity contribution in [2.24, 2.45) is 0 Å². The average molecular weight is 540 g/mol. The van der Waals surface area contributed by atoms with Gasteiger partial charge in [0.1, 0.15) is 18.1 Å². The number of carbonyl (C=O) groups is 1. The maximum atomic E-state index is 13.7. The van der Waals surface area contributed by atoms with Gasteiger partial charge in [0.05, 0.1) is 18.1 Å². The highest BCUT2D eigenvalue weighted by molar-refractivity contribution is 9.10. The molecule has 2 heterocycles. The number of benzene rings is 2. The van der Waals surface area contributed by atoms with Gasteiger partial charge in [0, 0.05) is 10.5 Å². The number of ether oxygens (including phenoxy) is 2. The first kappa shape index (κ1) is 23.4. The lowest BCUT2D eigenvalue weighted by Crippen LogP contribution is -2.10. The van der Waals surface area contributed by atoms with Crippen LogP contribution >= 0.6 is 15.9 Å². The summed E-state index contributed by atoms with van der Waals surface area (Å²) in [5.41, 5.74) is 0.359. The van der Waals surface area contributed by atoms with Gasteiger partial charge < -0.3 is 19.2 Å². The number of hydrogen-bond acceptors (Lipinski definition) is 5. The van der Waals surface area contributed by atoms with Crippen molar-refractivity contribution in [3.8, 4) is 11.5 Å². The first-order valence-electron chi connectivity index (χ1n) is 9.57. The summed E-state index contributed by atoms with van der Waals surface area (Å²) in [5.74, 6) is -7.92. The first-order chi connectivity index (χ1) is 16.3. The van der Waals surface area contributed by atoms with Crippen molar-refractivity contribution < 1.29 is 36.2 Å². The summed E-state index contributed by atoms with van der Waals surface area (Å²) in [6.45, 7) is -0.469. The Morgan fingerprint density at radius 1 is 1.03 bits per heavy atom. The molecule has 34 heavy (non-hydrogen) atoms. The summed E-state index contributed by atoms with van der Waals surface area (Å²) in [4.78, 5) is 12.4. The summed E-state index contributed by atoms with van der Waals surface area (Å²) in [6.07, 6.45) is 2.94. The number of anilines is 1. The Labute approximate surface area is 198 Å². The lowest BCUT2D eigenvalue weighted by atomic mass is 10.3. The molecule has 0 aliphatic heterocycles. The molecule has 0 saturated heterocycles. The minimum atomic E-state index is -1.68. The van der Waals surface area contributed by atoms with Crippen LogP contribution in [0.4, 0.5) is 23.2 Å². The number of amides is 1. The minimum absolute atomic E-state index is 0.00721. The zero-order valence-corrected chi connectivity index (χ0v) is 18.6. The maximum absolute atomic E-state index is 13.7. The summed E-state index contributed by atoms with van der Waals surface area (Å²) in [5, 5.41) is 6.65. The molecule has 176 valence electrons. The normalized spacial score (nSPS) is 10.9. The number of nitrogens with one attached hydrogen (secondary N) is 1. The van der Waals surface area contributed by atoms with Gasteiger partial charge in [0.2, 0.25) is 11.6 Å². The van der Waals surface area contributed by atoms with Crippen LogP contribution in [0.3, 0.4) is 0 Å². The topological polar surface area (TPSA) is 78.5 Å². The van der Waals surface area contributed by atoms with Crippen LogP contribution in [0.15, 0.2) is 63.7 Å². The van der Waals surface area contributed by atoms with Crippen LogP contribution in [0.2, 0.25) is 0 Å². The standard InChI is InChI=1S/C22H14BrF4N3O4/c23-12-1-3-14(4-2-12)33-11-30-9-13(8-28-30)29-22(31)18-6-5-15(34-18)10-32-21-19(26)16(24)7-17(25)20(21)27/h1-9H,10-11H2,(H,29,31). The van der Waals surface area contributed by atoms with E-state index < -0.39 is 41.5 Å². The Kier molecular flexibility index (Phi) is 6.87. The molecule has 12 heteroatoms. The third-order valence-electron chi connectivity index (χ3n) is 4.38. The van der Waals surface area contributed by atoms with Gasteiger partial charge in [-0.3, -0.25) is 4.79 Å². The highest BCUT2D eigenvalue weighted by Crippen LogP contribution is 2.27. The van der Waals surface area contributed by atoms with Gasteiger partial charge in [-0.25, -0.2) is 13.5 Å². The fraction of sp³-hybridized carbons (Fsp3) is 0.0909. The largest absolute Gasteiger partial charge is 0.479 e. The lowest BCUT2D eigenvalue weighted by Gasteiger charge is -2.08. The SMILES string of the molecule is O=C(Nc1cnn(COc2ccc(Br)cc2)c1)c1ccc(COc2c(F)c(F)cc(F)c2F)o1. The fourth-order valence-corrected chi connectivity index (χ4v) is 3.03. The zero-order valence-electron chi connectivity index (χ0n) is 17.0. The van der Waals surface area contributed by atoms with Crippen molar-refractivity contribution in [2.45, 2.75) is 13.3 Å². The average Bonchev–Trinajstić information content (AvgIpc) is 3.47. The Morgan fingerprint density at radius 2 is 1.74 bits per heavy atom. The molecule has 0 fully saturated rings. The van der Waals surface area contributed by atoms with Crippen LogP contribution < -0.4 is 14.8 Å². The number of aromatic nitrogens is 2. The molecule has 0 spiro atoms. The van der Waals surface area contributed by atoms with E-state index in [9.17, 15) is 22.4 Å². The smallest absolute Gasteiger partial charge is 0.291 e. The quantitative estimate of drug-likeness (QED) is 0.231. The molecule has 0 radical (unpaired) electrons. The van der Waals surface area contributed by atoms with E-state index in [4.69, 9.17) is 13.9 Å². The van der Waals surface area contributed by atoms with E-state index in [0.717, 1.165) is 4.47 Å². The van der Waals surface area contributed by atoms with Crippen LogP contribution in [0.25, 0.3) is 0 Å². The van der Waals surface area contributed by atoms with E-state index in [2.05, 4.69) is 26.3 Å². The predicted molar refractivity (Wildman–Crippen MR) is 114 cm³/mol. The number of nitrogens with zero attached hydrogens (tertiary/aromatic N) is 2. The van der Waals surface area contributed by atoms with Crippen molar-refractivity contribution in [1.29, 1.82) is 0 Å². The lowest BCUT2D eigenvalue weighted by molar-refractivity contribution is 0.0992. The number of furan rings is 1. The highest BCUT2D eigenvalue weighted by atomic mass is 79.9. The van der Waals surface area contributed by atoms with E-state index in [1.807, 2.05) is 12.1 Å². The van der Waals surface area contributed by atoms with Crippen molar-refractivity contribution in [1.82, 2.24) is 9.78 Å². The number of rotatable bonds is 8. The molecular weight excluding hydrogens is 526 g/mol. The second-order valence-corrected chi connectivity index (χ2v) is 7.72. The van der Waals surface area contributed by atoms with Crippen LogP contribution in [-0.2, 0) is 13.3 Å². The molecule has 2 aromatic carbocycles. The third kappa shape index (κ3) is 5.39. The van der Waals surface area contributed by atoms with Gasteiger partial charge in [-0.15, -0.1) is 0 Å². The monoisotopic (exact) mass is 539 g/mol. The van der Waals surface area contributed by atoms with E-state index in [0.29, 0.717) is 11.4 Å². The van der Waals surface area contributed by atoms with Gasteiger partial charge in [-0.1, -0.05) is 15.9 Å². The maximum Gasteiger partial charge on any atom is 0.291 e. The van der Waals surface area contributed by atoms with E-state index in [1.54, 1.807) is 12.1 Å². The molecule has 2 aromatic heterocycles. The van der Waals surface area contributed by atoms with Gasteiger partial charge >= 0.3 is 0 Å². The molecule has 1 N–H and O–H groups in total. The molecule has 0 unspecified atom stereocenters. The van der Waals surface area contributed by atoms with Crippen molar-refractivity contribution in [3.05, 3.63) is 94.1 Å². The molecular formula is C22H14BrF4N3O4. The molecule has 1 amide bonds. The predicted octanol–water partition coefficient (Wildman–Crippen LogP) is 5.66. The molecule has 4 aromatic rings. The Morgan fingerprint density at radius 3 is 2.44 bits per heavy atom. The Bertz CT molecular complexity index is 1300. The van der Waals surface area contributed by atoms with E-state index >= 15 is 0 Å². The molecule has 0 atom stereocenters. The summed E-state index contributed by atoms with van der Waals surface area (Å²) < 4.78 is 71.9. The zero-order chi connectivity index (χ0) is 24.2. The van der Waals surface area contributed by atoms with Crippen molar-refractivity contribution >= 4 is 27.5 Å². The Balaban J connectivity index is 1.33. The third-order valence-corrected chi connectivity index (χ3v) is 4.91. The molecule has 0 bridgehead atoms. The molecule has 0 aliphatic rings. The van der Waals surface area contributed by atoms with Gasteiger partial charge in [0.25, 0.3) is 5.91 Å². The highest BCUT2D eigenvalue weighted by Gasteiger charge is 2.21. The van der Waals surface area contributed by atoms with Crippen LogP contribution in [0.1, 0.15) is 16.3 Å². The summed E-state index contributed by atoms with van der Waals surface area (Å²) >= 11 is 3.33. The number of halogens is 5. The van der Waals surface area contributed by atoms with Crippen molar-refractivity contribution in [2.75, 3.05) is 5.32 Å². The van der Waals surface area contributed by atoms with E-state index in [1.165, 1.54) is 29.2 Å². The van der Waals surface area contributed by atoms with Gasteiger partial charge in [-0.05, 0) is 36.4 Å². The molecule has 0 saturated carbocycles. The summed E-state index contributed by atoms with van der Waals surface area (Å²) in [7, 11) is 0. The second kappa shape index (κ2) is 10.00. The molecule has 7 nitrogen and oxygen atoms in total. The van der Waals surface area contributed by atoms with E-state index in [-0.39, 0.29) is 24.3 Å². The fourth-order valence-electron chi connectivity index (χ4n) is 2.76. The van der Waals surface area contributed by atoms with Crippen LogP contribution in [0, 0.1) is 23.3 Å². The van der Waals surface area contributed by atoms with Crippen molar-refractivity contribution in [3.63, 3.8) is 0 Å².